The van der Waals surface area contributed by atoms with Crippen LogP contribution in [-0.2, 0) is 47.9 Å². The maximum absolute atomic E-state index is 13.2. The Bertz CT molecular complexity index is 1600. The van der Waals surface area contributed by atoms with E-state index in [1.54, 1.807) is 6.07 Å². The van der Waals surface area contributed by atoms with Crippen LogP contribution in [0.25, 0.3) is 0 Å². The number of imide groups is 2. The number of nitrogens with zero attached hydrogens (tertiary/aromatic N) is 1. The predicted molar refractivity (Wildman–Crippen MR) is 166 cm³/mol. The number of rotatable bonds is 10. The van der Waals surface area contributed by atoms with E-state index < -0.39 is 65.6 Å². The maximum Gasteiger partial charge on any atom is 0.308 e. The molecule has 7 aliphatic rings. The van der Waals surface area contributed by atoms with Crippen LogP contribution in [0.4, 0.5) is 0 Å². The van der Waals surface area contributed by atoms with E-state index in [9.17, 15) is 28.8 Å². The monoisotopic (exact) mass is 698 g/mol. The fourth-order valence-electron chi connectivity index (χ4n) is 8.50. The fraction of sp³-hybridized carbons (Fsp3) is 0.657. The zero-order valence-electron chi connectivity index (χ0n) is 28.3. The van der Waals surface area contributed by atoms with E-state index in [2.05, 4.69) is 12.2 Å². The number of hydrogen-bond donors (Lipinski definition) is 1. The minimum Gasteiger partial charge on any atom is -0.493 e. The molecule has 50 heavy (non-hydrogen) atoms. The van der Waals surface area contributed by atoms with Gasteiger partial charge in [-0.15, -0.1) is 0 Å². The van der Waals surface area contributed by atoms with Gasteiger partial charge in [-0.1, -0.05) is 19.9 Å². The highest BCUT2D eigenvalue weighted by molar-refractivity contribution is 6.24. The molecule has 15 heteroatoms. The Balaban J connectivity index is 0.861. The first-order valence-electron chi connectivity index (χ1n) is 17.4. The van der Waals surface area contributed by atoms with Gasteiger partial charge in [0.2, 0.25) is 23.9 Å². The van der Waals surface area contributed by atoms with Gasteiger partial charge >= 0.3 is 11.9 Å². The molecule has 5 saturated heterocycles. The molecule has 6 aliphatic heterocycles. The molecule has 6 heterocycles. The molecule has 1 saturated carbocycles. The van der Waals surface area contributed by atoms with Crippen LogP contribution in [0.2, 0.25) is 0 Å². The predicted octanol–water partition coefficient (Wildman–Crippen LogP) is 2.93. The summed E-state index contributed by atoms with van der Waals surface area (Å²) in [6.07, 6.45) is 1.75. The van der Waals surface area contributed by atoms with Gasteiger partial charge in [0, 0.05) is 31.1 Å². The molecule has 9 atom stereocenters. The second-order valence-electron chi connectivity index (χ2n) is 14.3. The highest BCUT2D eigenvalue weighted by atomic mass is 17.3. The van der Waals surface area contributed by atoms with Gasteiger partial charge in [0.25, 0.3) is 11.8 Å². The quantitative estimate of drug-likeness (QED) is 0.163. The summed E-state index contributed by atoms with van der Waals surface area (Å²) in [5.74, 6) is -4.04. The highest BCUT2D eigenvalue weighted by Gasteiger charge is 2.69. The third-order valence-corrected chi connectivity index (χ3v) is 11.1. The summed E-state index contributed by atoms with van der Waals surface area (Å²) in [4.78, 5) is 88.2. The number of nitrogens with one attached hydrogen (secondary N) is 1. The Morgan fingerprint density at radius 3 is 2.56 bits per heavy atom. The molecule has 0 radical (unpaired) electrons. The largest absolute Gasteiger partial charge is 0.493 e. The summed E-state index contributed by atoms with van der Waals surface area (Å²) in [5, 5.41) is 2.17. The van der Waals surface area contributed by atoms with Gasteiger partial charge in [-0.3, -0.25) is 39.0 Å². The van der Waals surface area contributed by atoms with E-state index >= 15 is 0 Å². The number of amides is 4. The van der Waals surface area contributed by atoms with Crippen LogP contribution in [0.1, 0.15) is 99.3 Å². The molecule has 1 aliphatic carbocycles. The number of piperidine rings is 1. The summed E-state index contributed by atoms with van der Waals surface area (Å²) >= 11 is 0. The van der Waals surface area contributed by atoms with E-state index in [0.717, 1.165) is 24.2 Å². The minimum atomic E-state index is -1.09. The number of carbonyl (C=O) groups is 6. The number of carbonyl (C=O) groups excluding carboxylic acids is 6. The Labute approximate surface area is 288 Å². The van der Waals surface area contributed by atoms with Crippen molar-refractivity contribution in [3.63, 3.8) is 0 Å². The van der Waals surface area contributed by atoms with Crippen molar-refractivity contribution in [2.75, 3.05) is 13.2 Å². The minimum absolute atomic E-state index is 0.00471. The Kier molecular flexibility index (Phi) is 9.20. The second kappa shape index (κ2) is 13.3. The first-order chi connectivity index (χ1) is 23.9. The van der Waals surface area contributed by atoms with Crippen LogP contribution in [0, 0.1) is 23.7 Å². The molecular weight excluding hydrogens is 656 g/mol. The number of fused-ring (bicyclic) bond motifs is 3. The Morgan fingerprint density at radius 2 is 1.76 bits per heavy atom. The van der Waals surface area contributed by atoms with Crippen LogP contribution in [0.5, 0.6) is 5.75 Å². The van der Waals surface area contributed by atoms with E-state index in [1.807, 2.05) is 13.8 Å². The van der Waals surface area contributed by atoms with E-state index in [1.165, 1.54) is 12.1 Å². The average molecular weight is 699 g/mol. The number of ether oxygens (including phenoxy) is 5. The van der Waals surface area contributed by atoms with Crippen molar-refractivity contribution in [3.05, 3.63) is 29.3 Å². The normalized spacial score (nSPS) is 35.9. The summed E-state index contributed by atoms with van der Waals surface area (Å²) in [5.41, 5.74) is -0.631. The molecule has 270 valence electrons. The zero-order chi connectivity index (χ0) is 35.4. The first kappa shape index (κ1) is 34.5. The lowest BCUT2D eigenvalue weighted by Gasteiger charge is -2.59. The Morgan fingerprint density at radius 1 is 0.960 bits per heavy atom. The SMILES string of the molecule is C[C@H]1[C@H](OC(=O)CCC(=O)OCCCOc2cccc3c2C(=O)N(C2CCC(=O)NC2=O)C3=O)O[C@@H]2O[C@@]3(C)CC[C@H]4[C@H](C)CC[C@@H]1[C@@]24OO3. The summed E-state index contributed by atoms with van der Waals surface area (Å²) in [6.45, 7) is 6.07. The molecule has 1 N–H and O–H groups in total. The third-order valence-electron chi connectivity index (χ3n) is 11.1. The van der Waals surface area contributed by atoms with Crippen LogP contribution in [0.3, 0.4) is 0 Å². The molecule has 6 fully saturated rings. The van der Waals surface area contributed by atoms with Crippen molar-refractivity contribution in [1.82, 2.24) is 10.2 Å². The van der Waals surface area contributed by atoms with Gasteiger partial charge in [0.05, 0.1) is 37.2 Å². The van der Waals surface area contributed by atoms with Crippen molar-refractivity contribution in [2.24, 2.45) is 23.7 Å². The van der Waals surface area contributed by atoms with Gasteiger partial charge in [-0.05, 0) is 56.6 Å². The van der Waals surface area contributed by atoms with Crippen LogP contribution >= 0.6 is 0 Å². The summed E-state index contributed by atoms with van der Waals surface area (Å²) in [6, 6.07) is 3.49. The summed E-state index contributed by atoms with van der Waals surface area (Å²) in [7, 11) is 0. The molecule has 15 nitrogen and oxygen atoms in total. The molecule has 2 bridgehead atoms. The topological polar surface area (TPSA) is 182 Å². The lowest BCUT2D eigenvalue weighted by atomic mass is 9.58. The number of hydrogen-bond acceptors (Lipinski definition) is 13. The molecule has 4 amide bonds. The number of esters is 2. The van der Waals surface area contributed by atoms with Gasteiger partial charge in [-0.2, -0.15) is 0 Å². The van der Waals surface area contributed by atoms with Crippen LogP contribution in [-0.4, -0.2) is 83.7 Å². The van der Waals surface area contributed by atoms with E-state index in [0.29, 0.717) is 12.3 Å². The van der Waals surface area contributed by atoms with Crippen molar-refractivity contribution in [3.8, 4) is 5.75 Å². The van der Waals surface area contributed by atoms with Crippen molar-refractivity contribution < 1.29 is 62.2 Å². The van der Waals surface area contributed by atoms with Crippen molar-refractivity contribution in [1.29, 1.82) is 0 Å². The van der Waals surface area contributed by atoms with Gasteiger partial charge < -0.3 is 23.7 Å². The lowest BCUT2D eigenvalue weighted by molar-refractivity contribution is -0.576. The smallest absolute Gasteiger partial charge is 0.308 e. The Hall–Kier alpha value is -3.92. The molecule has 1 unspecified atom stereocenters. The fourth-order valence-corrected chi connectivity index (χ4v) is 8.50. The van der Waals surface area contributed by atoms with Gasteiger partial charge in [0.15, 0.2) is 11.9 Å². The van der Waals surface area contributed by atoms with E-state index in [4.69, 9.17) is 33.5 Å². The first-order valence-corrected chi connectivity index (χ1v) is 17.4. The van der Waals surface area contributed by atoms with Gasteiger partial charge in [-0.25, -0.2) is 9.78 Å². The van der Waals surface area contributed by atoms with Gasteiger partial charge in [0.1, 0.15) is 11.8 Å². The highest BCUT2D eigenvalue weighted by Crippen LogP contribution is 2.60. The molecule has 8 rings (SSSR count). The van der Waals surface area contributed by atoms with E-state index in [-0.39, 0.29) is 79.9 Å². The lowest BCUT2D eigenvalue weighted by Crippen LogP contribution is -2.70. The molecular formula is C35H42N2O13. The van der Waals surface area contributed by atoms with Crippen LogP contribution < -0.4 is 10.1 Å². The molecule has 0 aromatic heterocycles. The average Bonchev–Trinajstić information content (AvgIpc) is 3.17. The maximum atomic E-state index is 13.2. The van der Waals surface area contributed by atoms with Crippen LogP contribution in [0.15, 0.2) is 18.2 Å². The number of benzene rings is 1. The third kappa shape index (κ3) is 5.97. The summed E-state index contributed by atoms with van der Waals surface area (Å²) < 4.78 is 29.3. The van der Waals surface area contributed by atoms with Crippen molar-refractivity contribution >= 4 is 35.6 Å². The molecule has 1 aromatic carbocycles. The standard InChI is InChI=1S/C35H42N2O13/c1-18-8-9-22-19(2)32(47-33-35(22)21(18)14-15-34(3,48-33)49-50-35)46-27(40)13-12-26(39)45-17-5-16-44-24-7-4-6-20-28(24)31(43)37(30(20)42)23-10-11-25(38)36-29(23)41/h4,6-7,18-19,21-23,32-33H,5,8-17H2,1-3H3,(H,36,38,41)/t18-,19-,21+,22+,23?,32-,33-,34-,35-/m1/s1. The molecule has 1 aromatic rings. The second-order valence-corrected chi connectivity index (χ2v) is 14.3. The van der Waals surface area contributed by atoms with Crippen molar-refractivity contribution in [2.45, 2.75) is 109 Å². The molecule has 1 spiro atoms. The zero-order valence-corrected chi connectivity index (χ0v) is 28.3.